The predicted octanol–water partition coefficient (Wildman–Crippen LogP) is 0.726. The first-order chi connectivity index (χ1) is 6.08. The number of hydrogen-bond donors (Lipinski definition) is 1. The maximum absolute atomic E-state index is 10.3. The highest BCUT2D eigenvalue weighted by molar-refractivity contribution is 4.92. The maximum atomic E-state index is 10.3. The van der Waals surface area contributed by atoms with Crippen LogP contribution in [0.1, 0.15) is 19.8 Å². The van der Waals surface area contributed by atoms with Crippen molar-refractivity contribution >= 4 is 0 Å². The Morgan fingerprint density at radius 3 is 2.77 bits per heavy atom. The number of nitrogens with zero attached hydrogens (tertiary/aromatic N) is 1. The van der Waals surface area contributed by atoms with Crippen LogP contribution < -0.4 is 0 Å². The summed E-state index contributed by atoms with van der Waals surface area (Å²) in [6.07, 6.45) is 1.84. The highest BCUT2D eigenvalue weighted by atomic mass is 16.5. The zero-order valence-corrected chi connectivity index (χ0v) is 8.92. The average molecular weight is 187 g/mol. The fraction of sp³-hybridized carbons (Fsp3) is 1.00. The monoisotopic (exact) mass is 187 g/mol. The van der Waals surface area contributed by atoms with Gasteiger partial charge in [-0.15, -0.1) is 0 Å². The van der Waals surface area contributed by atoms with Gasteiger partial charge in [0.25, 0.3) is 0 Å². The van der Waals surface area contributed by atoms with Crippen LogP contribution in [0.3, 0.4) is 0 Å². The third-order valence-electron chi connectivity index (χ3n) is 3.14. The van der Waals surface area contributed by atoms with Crippen LogP contribution >= 0.6 is 0 Å². The Bertz CT molecular complexity index is 163. The summed E-state index contributed by atoms with van der Waals surface area (Å²) >= 11 is 0. The third-order valence-corrected chi connectivity index (χ3v) is 3.14. The topological polar surface area (TPSA) is 32.7 Å². The summed E-state index contributed by atoms with van der Waals surface area (Å²) < 4.78 is 5.02. The van der Waals surface area contributed by atoms with Crippen LogP contribution in [0.4, 0.5) is 0 Å². The zero-order valence-electron chi connectivity index (χ0n) is 8.92. The van der Waals surface area contributed by atoms with E-state index in [0.717, 1.165) is 32.5 Å². The van der Waals surface area contributed by atoms with Crippen LogP contribution in [0.25, 0.3) is 0 Å². The third kappa shape index (κ3) is 2.66. The van der Waals surface area contributed by atoms with Crippen LogP contribution in [0.2, 0.25) is 0 Å². The van der Waals surface area contributed by atoms with Gasteiger partial charge in [0, 0.05) is 26.8 Å². The van der Waals surface area contributed by atoms with Crippen molar-refractivity contribution in [2.75, 3.05) is 33.9 Å². The normalized spacial score (nSPS) is 32.3. The summed E-state index contributed by atoms with van der Waals surface area (Å²) in [5.41, 5.74) is -0.479. The van der Waals surface area contributed by atoms with Gasteiger partial charge in [-0.3, -0.25) is 0 Å². The van der Waals surface area contributed by atoms with Gasteiger partial charge in [0.05, 0.1) is 5.60 Å². The number of methoxy groups -OCH3 is 1. The molecule has 0 bridgehead atoms. The van der Waals surface area contributed by atoms with Crippen LogP contribution in [-0.2, 0) is 4.74 Å². The maximum Gasteiger partial charge on any atom is 0.0812 e. The molecular weight excluding hydrogens is 166 g/mol. The molecule has 1 saturated heterocycles. The van der Waals surface area contributed by atoms with Gasteiger partial charge >= 0.3 is 0 Å². The van der Waals surface area contributed by atoms with Crippen molar-refractivity contribution in [3.8, 4) is 0 Å². The molecule has 1 aliphatic heterocycles. The Kier molecular flexibility index (Phi) is 3.71. The zero-order chi connectivity index (χ0) is 9.90. The standard InChI is InChI=1S/C10H21NO2/c1-9(4-7-13-3)10(12)5-6-11(2)8-10/h9,12H,4-8H2,1-3H3. The first-order valence-corrected chi connectivity index (χ1v) is 4.98. The molecule has 0 amide bonds. The summed E-state index contributed by atoms with van der Waals surface area (Å²) in [4.78, 5) is 2.18. The minimum absolute atomic E-state index is 0.331. The smallest absolute Gasteiger partial charge is 0.0812 e. The Labute approximate surface area is 80.7 Å². The first kappa shape index (κ1) is 11.0. The molecule has 0 saturated carbocycles. The second-order valence-corrected chi connectivity index (χ2v) is 4.27. The van der Waals surface area contributed by atoms with E-state index in [1.54, 1.807) is 7.11 Å². The summed E-state index contributed by atoms with van der Waals surface area (Å²) in [6, 6.07) is 0. The second-order valence-electron chi connectivity index (χ2n) is 4.27. The van der Waals surface area contributed by atoms with E-state index in [9.17, 15) is 5.11 Å². The van der Waals surface area contributed by atoms with Crippen molar-refractivity contribution in [1.82, 2.24) is 4.90 Å². The average Bonchev–Trinajstić information content (AvgIpc) is 2.43. The van der Waals surface area contributed by atoms with Gasteiger partial charge in [-0.2, -0.15) is 0 Å². The van der Waals surface area contributed by atoms with E-state index in [2.05, 4.69) is 18.9 Å². The molecule has 78 valence electrons. The summed E-state index contributed by atoms with van der Waals surface area (Å²) in [5, 5.41) is 10.3. The van der Waals surface area contributed by atoms with E-state index in [-0.39, 0.29) is 0 Å². The molecule has 1 N–H and O–H groups in total. The molecule has 1 rings (SSSR count). The fourth-order valence-corrected chi connectivity index (χ4v) is 1.98. The number of ether oxygens (including phenoxy) is 1. The van der Waals surface area contributed by atoms with Crippen molar-refractivity contribution in [3.63, 3.8) is 0 Å². The molecule has 0 radical (unpaired) electrons. The molecule has 0 aromatic rings. The SMILES string of the molecule is COCCC(C)C1(O)CCN(C)C1. The van der Waals surface area contributed by atoms with Gasteiger partial charge in [-0.05, 0) is 25.8 Å². The molecule has 1 fully saturated rings. The van der Waals surface area contributed by atoms with Crippen molar-refractivity contribution in [2.24, 2.45) is 5.92 Å². The van der Waals surface area contributed by atoms with Crippen LogP contribution in [0.15, 0.2) is 0 Å². The number of aliphatic hydroxyl groups is 1. The van der Waals surface area contributed by atoms with Gasteiger partial charge in [0.1, 0.15) is 0 Å². The van der Waals surface area contributed by atoms with Crippen molar-refractivity contribution in [2.45, 2.75) is 25.4 Å². The lowest BCUT2D eigenvalue weighted by Gasteiger charge is -2.29. The molecule has 2 unspecified atom stereocenters. The second kappa shape index (κ2) is 4.40. The number of likely N-dealkylation sites (N-methyl/N-ethyl adjacent to an activating group) is 1. The minimum atomic E-state index is -0.479. The molecule has 0 spiro atoms. The quantitative estimate of drug-likeness (QED) is 0.704. The first-order valence-electron chi connectivity index (χ1n) is 4.98. The summed E-state index contributed by atoms with van der Waals surface area (Å²) in [5.74, 6) is 0.331. The molecule has 0 aromatic heterocycles. The van der Waals surface area contributed by atoms with Gasteiger partial charge in [0.2, 0.25) is 0 Å². The summed E-state index contributed by atoms with van der Waals surface area (Å²) in [6.45, 7) is 4.66. The van der Waals surface area contributed by atoms with E-state index in [1.807, 2.05) is 0 Å². The van der Waals surface area contributed by atoms with Gasteiger partial charge in [0.15, 0.2) is 0 Å². The fourth-order valence-electron chi connectivity index (χ4n) is 1.98. The molecule has 3 nitrogen and oxygen atoms in total. The van der Waals surface area contributed by atoms with Gasteiger partial charge in [-0.1, -0.05) is 6.92 Å². The lowest BCUT2D eigenvalue weighted by atomic mass is 9.86. The van der Waals surface area contributed by atoms with E-state index in [4.69, 9.17) is 4.74 Å². The van der Waals surface area contributed by atoms with Crippen LogP contribution in [-0.4, -0.2) is 49.5 Å². The Balaban J connectivity index is 2.40. The molecule has 1 aliphatic rings. The van der Waals surface area contributed by atoms with Crippen LogP contribution in [0, 0.1) is 5.92 Å². The molecule has 1 heterocycles. The van der Waals surface area contributed by atoms with E-state index >= 15 is 0 Å². The van der Waals surface area contributed by atoms with Crippen molar-refractivity contribution < 1.29 is 9.84 Å². The molecule has 2 atom stereocenters. The number of hydrogen-bond acceptors (Lipinski definition) is 3. The van der Waals surface area contributed by atoms with Crippen molar-refractivity contribution in [3.05, 3.63) is 0 Å². The molecular formula is C10H21NO2. The lowest BCUT2D eigenvalue weighted by molar-refractivity contribution is -0.0116. The molecule has 13 heavy (non-hydrogen) atoms. The predicted molar refractivity (Wildman–Crippen MR) is 52.7 cm³/mol. The van der Waals surface area contributed by atoms with E-state index in [1.165, 1.54) is 0 Å². The minimum Gasteiger partial charge on any atom is -0.388 e. The largest absolute Gasteiger partial charge is 0.388 e. The number of likely N-dealkylation sites (tertiary alicyclic amines) is 1. The lowest BCUT2D eigenvalue weighted by Crippen LogP contribution is -2.39. The highest BCUT2D eigenvalue weighted by Gasteiger charge is 2.38. The number of β-amino-alcohol motifs (C(OH)–C–C–N with tert-alkyl or cyclic N) is 1. The summed E-state index contributed by atoms with van der Waals surface area (Å²) in [7, 11) is 3.76. The molecule has 0 aromatic carbocycles. The number of rotatable bonds is 4. The Hall–Kier alpha value is -0.120. The van der Waals surface area contributed by atoms with E-state index < -0.39 is 5.60 Å². The van der Waals surface area contributed by atoms with Gasteiger partial charge in [-0.25, -0.2) is 0 Å². The molecule has 3 heteroatoms. The Morgan fingerprint density at radius 1 is 1.62 bits per heavy atom. The van der Waals surface area contributed by atoms with Gasteiger partial charge < -0.3 is 14.7 Å². The van der Waals surface area contributed by atoms with E-state index in [0.29, 0.717) is 5.92 Å². The van der Waals surface area contributed by atoms with Crippen LogP contribution in [0.5, 0.6) is 0 Å². The Morgan fingerprint density at radius 2 is 2.31 bits per heavy atom. The molecule has 0 aliphatic carbocycles. The highest BCUT2D eigenvalue weighted by Crippen LogP contribution is 2.29. The van der Waals surface area contributed by atoms with Crippen molar-refractivity contribution in [1.29, 1.82) is 0 Å².